The number of hydrogen-bond acceptors (Lipinski definition) is 1. The lowest BCUT2D eigenvalue weighted by Crippen LogP contribution is -2.03. The minimum absolute atomic E-state index is 0.259. The Kier molecular flexibility index (Phi) is 4.35. The van der Waals surface area contributed by atoms with Crippen LogP contribution in [0, 0.1) is 16.3 Å². The molecule has 0 aliphatic heterocycles. The van der Waals surface area contributed by atoms with E-state index in [1.165, 1.54) is 12.1 Å². The monoisotopic (exact) mass is 356 g/mol. The van der Waals surface area contributed by atoms with Gasteiger partial charge in [-0.2, -0.15) is 0 Å². The molecule has 0 aliphatic carbocycles. The molecule has 0 amide bonds. The van der Waals surface area contributed by atoms with Crippen molar-refractivity contribution in [2.24, 2.45) is 0 Å². The van der Waals surface area contributed by atoms with Gasteiger partial charge < -0.3 is 5.11 Å². The van der Waals surface area contributed by atoms with Crippen LogP contribution in [0.25, 0.3) is 0 Å². The van der Waals surface area contributed by atoms with Crippen LogP contribution in [0.3, 0.4) is 0 Å². The summed E-state index contributed by atoms with van der Waals surface area (Å²) in [5.41, 5.74) is 2.72. The Morgan fingerprint density at radius 1 is 1.22 bits per heavy atom. The molecule has 18 heavy (non-hydrogen) atoms. The fourth-order valence-corrected chi connectivity index (χ4v) is 2.47. The van der Waals surface area contributed by atoms with Gasteiger partial charge in [-0.15, -0.1) is 0 Å². The number of aliphatic hydroxyl groups is 1. The predicted molar refractivity (Wildman–Crippen MR) is 79.0 cm³/mol. The van der Waals surface area contributed by atoms with E-state index < -0.39 is 6.10 Å². The van der Waals surface area contributed by atoms with Crippen LogP contribution >= 0.6 is 22.6 Å². The van der Waals surface area contributed by atoms with Gasteiger partial charge in [0.2, 0.25) is 0 Å². The highest BCUT2D eigenvalue weighted by Gasteiger charge is 2.11. The Morgan fingerprint density at radius 2 is 2.00 bits per heavy atom. The lowest BCUT2D eigenvalue weighted by molar-refractivity contribution is 0.178. The third-order valence-corrected chi connectivity index (χ3v) is 3.63. The van der Waals surface area contributed by atoms with E-state index >= 15 is 0 Å². The number of halogens is 2. The second-order valence-electron chi connectivity index (χ2n) is 4.35. The number of hydrogen-bond donors (Lipinski definition) is 1. The summed E-state index contributed by atoms with van der Waals surface area (Å²) < 4.78 is 14.3. The Morgan fingerprint density at radius 3 is 2.72 bits per heavy atom. The Bertz CT molecular complexity index is 554. The zero-order valence-corrected chi connectivity index (χ0v) is 12.2. The van der Waals surface area contributed by atoms with Gasteiger partial charge in [0.25, 0.3) is 0 Å². The standard InChI is InChI=1S/C15H14FIO/c1-10-5-6-13(16)7-12(10)9-15(18)11-3-2-4-14(17)8-11/h2-8,15,18H,9H2,1H3. The molecule has 1 unspecified atom stereocenters. The molecule has 0 aromatic heterocycles. The van der Waals surface area contributed by atoms with Crippen molar-refractivity contribution in [3.05, 3.63) is 68.5 Å². The number of benzene rings is 2. The van der Waals surface area contributed by atoms with E-state index in [9.17, 15) is 9.50 Å². The Labute approximate surface area is 120 Å². The average Bonchev–Trinajstić information content (AvgIpc) is 2.34. The Balaban J connectivity index is 2.21. The Hall–Kier alpha value is -0.940. The highest BCUT2D eigenvalue weighted by molar-refractivity contribution is 14.1. The van der Waals surface area contributed by atoms with Gasteiger partial charge >= 0.3 is 0 Å². The van der Waals surface area contributed by atoms with Crippen LogP contribution in [-0.2, 0) is 6.42 Å². The van der Waals surface area contributed by atoms with Gasteiger partial charge in [0.05, 0.1) is 6.10 Å². The molecule has 1 nitrogen and oxygen atoms in total. The molecule has 0 saturated carbocycles. The SMILES string of the molecule is Cc1ccc(F)cc1CC(O)c1cccc(I)c1. The highest BCUT2D eigenvalue weighted by Crippen LogP contribution is 2.22. The fraction of sp³-hybridized carbons (Fsp3) is 0.200. The first-order valence-corrected chi connectivity index (χ1v) is 6.82. The van der Waals surface area contributed by atoms with Crippen molar-refractivity contribution < 1.29 is 9.50 Å². The summed E-state index contributed by atoms with van der Waals surface area (Å²) in [6, 6.07) is 12.4. The molecule has 0 saturated heterocycles. The summed E-state index contributed by atoms with van der Waals surface area (Å²) in [5.74, 6) is -0.259. The van der Waals surface area contributed by atoms with Crippen molar-refractivity contribution in [1.82, 2.24) is 0 Å². The van der Waals surface area contributed by atoms with Crippen LogP contribution in [0.5, 0.6) is 0 Å². The van der Waals surface area contributed by atoms with E-state index in [2.05, 4.69) is 22.6 Å². The fourth-order valence-electron chi connectivity index (χ4n) is 1.90. The molecule has 2 aromatic rings. The quantitative estimate of drug-likeness (QED) is 0.824. The molecule has 0 aliphatic rings. The lowest BCUT2D eigenvalue weighted by Gasteiger charge is -2.13. The van der Waals surface area contributed by atoms with Gasteiger partial charge in [-0.05, 0) is 70.5 Å². The normalized spacial score (nSPS) is 12.4. The maximum absolute atomic E-state index is 13.2. The van der Waals surface area contributed by atoms with Crippen LogP contribution in [0.4, 0.5) is 4.39 Å². The number of aliphatic hydroxyl groups excluding tert-OH is 1. The van der Waals surface area contributed by atoms with Crippen molar-refractivity contribution in [3.8, 4) is 0 Å². The van der Waals surface area contributed by atoms with Crippen molar-refractivity contribution in [1.29, 1.82) is 0 Å². The van der Waals surface area contributed by atoms with Crippen molar-refractivity contribution in [2.45, 2.75) is 19.4 Å². The first-order chi connectivity index (χ1) is 8.56. The molecule has 0 fully saturated rings. The summed E-state index contributed by atoms with van der Waals surface area (Å²) in [7, 11) is 0. The molecule has 3 heteroatoms. The summed E-state index contributed by atoms with van der Waals surface area (Å²) in [4.78, 5) is 0. The average molecular weight is 356 g/mol. The van der Waals surface area contributed by atoms with Gasteiger partial charge in [0.15, 0.2) is 0 Å². The molecular formula is C15H14FIO. The molecule has 94 valence electrons. The van der Waals surface area contributed by atoms with Gasteiger partial charge in [-0.25, -0.2) is 4.39 Å². The van der Waals surface area contributed by atoms with E-state index in [4.69, 9.17) is 0 Å². The lowest BCUT2D eigenvalue weighted by atomic mass is 9.98. The van der Waals surface area contributed by atoms with E-state index in [1.807, 2.05) is 31.2 Å². The molecule has 2 rings (SSSR count). The minimum atomic E-state index is -0.597. The predicted octanol–water partition coefficient (Wildman–Crippen LogP) is 4.01. The smallest absolute Gasteiger partial charge is 0.123 e. The number of rotatable bonds is 3. The van der Waals surface area contributed by atoms with Crippen LogP contribution in [0.1, 0.15) is 22.8 Å². The van der Waals surface area contributed by atoms with E-state index in [0.717, 1.165) is 20.3 Å². The highest BCUT2D eigenvalue weighted by atomic mass is 127. The molecule has 0 spiro atoms. The molecule has 0 radical (unpaired) electrons. The zero-order chi connectivity index (χ0) is 13.1. The van der Waals surface area contributed by atoms with E-state index in [0.29, 0.717) is 6.42 Å². The van der Waals surface area contributed by atoms with Crippen LogP contribution in [0.2, 0.25) is 0 Å². The summed E-state index contributed by atoms with van der Waals surface area (Å²) in [5, 5.41) is 10.2. The van der Waals surface area contributed by atoms with Crippen LogP contribution in [-0.4, -0.2) is 5.11 Å². The van der Waals surface area contributed by atoms with Gasteiger partial charge in [0.1, 0.15) is 5.82 Å². The van der Waals surface area contributed by atoms with Gasteiger partial charge in [-0.3, -0.25) is 0 Å². The first kappa shape index (κ1) is 13.5. The summed E-state index contributed by atoms with van der Waals surface area (Å²) in [6.45, 7) is 1.93. The van der Waals surface area contributed by atoms with Crippen molar-refractivity contribution in [2.75, 3.05) is 0 Å². The van der Waals surface area contributed by atoms with E-state index in [-0.39, 0.29) is 5.82 Å². The molecular weight excluding hydrogens is 342 g/mol. The zero-order valence-electron chi connectivity index (χ0n) is 10.0. The van der Waals surface area contributed by atoms with Gasteiger partial charge in [-0.1, -0.05) is 18.2 Å². The summed E-state index contributed by atoms with van der Waals surface area (Å²) >= 11 is 2.21. The third-order valence-electron chi connectivity index (χ3n) is 2.96. The maximum Gasteiger partial charge on any atom is 0.123 e. The molecule has 0 heterocycles. The number of aryl methyl sites for hydroxylation is 1. The minimum Gasteiger partial charge on any atom is -0.388 e. The second-order valence-corrected chi connectivity index (χ2v) is 5.59. The van der Waals surface area contributed by atoms with Gasteiger partial charge in [0, 0.05) is 9.99 Å². The molecule has 1 atom stereocenters. The van der Waals surface area contributed by atoms with Crippen LogP contribution < -0.4 is 0 Å². The maximum atomic E-state index is 13.2. The van der Waals surface area contributed by atoms with Crippen molar-refractivity contribution >= 4 is 22.6 Å². The first-order valence-electron chi connectivity index (χ1n) is 5.75. The second kappa shape index (κ2) is 5.80. The van der Waals surface area contributed by atoms with E-state index in [1.54, 1.807) is 6.07 Å². The molecule has 2 aromatic carbocycles. The topological polar surface area (TPSA) is 20.2 Å². The molecule has 0 bridgehead atoms. The van der Waals surface area contributed by atoms with Crippen molar-refractivity contribution in [3.63, 3.8) is 0 Å². The summed E-state index contributed by atoms with van der Waals surface area (Å²) in [6.07, 6.45) is -0.163. The van der Waals surface area contributed by atoms with Crippen LogP contribution in [0.15, 0.2) is 42.5 Å². The largest absolute Gasteiger partial charge is 0.388 e. The molecule has 1 N–H and O–H groups in total. The third kappa shape index (κ3) is 3.29.